The quantitative estimate of drug-likeness (QED) is 0.534. The first-order chi connectivity index (χ1) is 6.13. The molecule has 0 fully saturated rings. The summed E-state index contributed by atoms with van der Waals surface area (Å²) in [6, 6.07) is 8.99. The number of benzene rings is 1. The van der Waals surface area contributed by atoms with Crippen LogP contribution < -0.4 is 0 Å². The molecule has 0 bridgehead atoms. The van der Waals surface area contributed by atoms with Crippen LogP contribution in [0.3, 0.4) is 0 Å². The van der Waals surface area contributed by atoms with Crippen molar-refractivity contribution in [1.29, 1.82) is 0 Å². The summed E-state index contributed by atoms with van der Waals surface area (Å²) in [5, 5.41) is 1.33. The zero-order valence-electron chi connectivity index (χ0n) is 7.57. The van der Waals surface area contributed by atoms with Gasteiger partial charge in [0.1, 0.15) is 0 Å². The van der Waals surface area contributed by atoms with Crippen LogP contribution in [0.4, 0.5) is 0 Å². The molecule has 1 aromatic carbocycles. The first-order valence-electron chi connectivity index (χ1n) is 3.85. The van der Waals surface area contributed by atoms with Gasteiger partial charge in [-0.1, -0.05) is 18.2 Å². The van der Waals surface area contributed by atoms with Crippen molar-refractivity contribution in [1.82, 2.24) is 9.54 Å². The molecule has 1 rings (SSSR count). The van der Waals surface area contributed by atoms with E-state index >= 15 is 0 Å². The third-order valence-corrected chi connectivity index (χ3v) is 1.95. The van der Waals surface area contributed by atoms with Crippen molar-refractivity contribution >= 4 is 17.7 Å². The molecule has 0 atom stereocenters. The van der Waals surface area contributed by atoms with Gasteiger partial charge in [0.25, 0.3) is 5.91 Å². The van der Waals surface area contributed by atoms with Gasteiger partial charge in [-0.15, -0.1) is 4.53 Å². The largest absolute Gasteiger partial charge is 0.268 e. The van der Waals surface area contributed by atoms with Gasteiger partial charge in [-0.2, -0.15) is 0 Å². The van der Waals surface area contributed by atoms with E-state index in [0.717, 1.165) is 0 Å². The molecule has 0 heterocycles. The maximum atomic E-state index is 11.6. The lowest BCUT2D eigenvalue weighted by molar-refractivity contribution is 0.0543. The van der Waals surface area contributed by atoms with E-state index in [9.17, 15) is 4.79 Å². The Bertz CT molecular complexity index is 287. The van der Waals surface area contributed by atoms with Crippen molar-refractivity contribution in [2.45, 2.75) is 0 Å². The fourth-order valence-corrected chi connectivity index (χ4v) is 0.961. The highest BCUT2D eigenvalue weighted by atomic mass is 35.5. The Kier molecular flexibility index (Phi) is 3.28. The Balaban J connectivity index is 2.80. The van der Waals surface area contributed by atoms with Crippen LogP contribution in [0.25, 0.3) is 0 Å². The van der Waals surface area contributed by atoms with Crippen molar-refractivity contribution in [2.24, 2.45) is 0 Å². The smallest absolute Gasteiger partial charge is 0.268 e. The van der Waals surface area contributed by atoms with E-state index < -0.39 is 0 Å². The lowest BCUT2D eigenvalue weighted by Crippen LogP contribution is -2.35. The highest BCUT2D eigenvalue weighted by molar-refractivity contribution is 6.14. The van der Waals surface area contributed by atoms with Crippen molar-refractivity contribution in [2.75, 3.05) is 14.1 Å². The first kappa shape index (κ1) is 10.0. The number of carbonyl (C=O) groups is 1. The van der Waals surface area contributed by atoms with Crippen LogP contribution in [0.1, 0.15) is 10.4 Å². The van der Waals surface area contributed by atoms with Gasteiger partial charge in [0.05, 0.1) is 0 Å². The van der Waals surface area contributed by atoms with E-state index in [0.29, 0.717) is 5.56 Å². The van der Waals surface area contributed by atoms with Gasteiger partial charge in [0.15, 0.2) is 0 Å². The molecular formula is C9H11ClN2O. The average molecular weight is 199 g/mol. The van der Waals surface area contributed by atoms with Gasteiger partial charge in [-0.3, -0.25) is 9.80 Å². The fourth-order valence-electron chi connectivity index (χ4n) is 0.893. The molecule has 0 unspecified atom stereocenters. The summed E-state index contributed by atoms with van der Waals surface area (Å²) in [7, 11) is 3.21. The maximum absolute atomic E-state index is 11.6. The minimum absolute atomic E-state index is 0.127. The number of rotatable bonds is 2. The second-order valence-electron chi connectivity index (χ2n) is 2.64. The molecule has 70 valence electrons. The second-order valence-corrected chi connectivity index (χ2v) is 3.13. The van der Waals surface area contributed by atoms with Gasteiger partial charge in [0.2, 0.25) is 0 Å². The summed E-state index contributed by atoms with van der Waals surface area (Å²) in [4.78, 5) is 11.6. The van der Waals surface area contributed by atoms with Crippen molar-refractivity contribution in [3.63, 3.8) is 0 Å². The lowest BCUT2D eigenvalue weighted by atomic mass is 10.2. The van der Waals surface area contributed by atoms with Gasteiger partial charge in [-0.05, 0) is 23.9 Å². The predicted molar refractivity (Wildman–Crippen MR) is 52.2 cm³/mol. The van der Waals surface area contributed by atoms with Gasteiger partial charge >= 0.3 is 0 Å². The van der Waals surface area contributed by atoms with Crippen molar-refractivity contribution in [3.05, 3.63) is 35.9 Å². The maximum Gasteiger partial charge on any atom is 0.268 e. The van der Waals surface area contributed by atoms with Gasteiger partial charge < -0.3 is 0 Å². The zero-order valence-corrected chi connectivity index (χ0v) is 8.32. The SMILES string of the molecule is CN(Cl)N(C)C(=O)c1ccccc1. The highest BCUT2D eigenvalue weighted by Crippen LogP contribution is 2.05. The number of carbonyl (C=O) groups excluding carboxylic acids is 1. The normalized spacial score (nSPS) is 10.2. The molecule has 0 aromatic heterocycles. The van der Waals surface area contributed by atoms with E-state index in [4.69, 9.17) is 11.8 Å². The van der Waals surface area contributed by atoms with Gasteiger partial charge in [-0.25, -0.2) is 0 Å². The summed E-state index contributed by atoms with van der Waals surface area (Å²) in [5.74, 6) is -0.127. The van der Waals surface area contributed by atoms with Crippen LogP contribution in [-0.4, -0.2) is 29.5 Å². The molecule has 13 heavy (non-hydrogen) atoms. The predicted octanol–water partition coefficient (Wildman–Crippen LogP) is 1.76. The number of hydrogen-bond acceptors (Lipinski definition) is 2. The topological polar surface area (TPSA) is 23.6 Å². The van der Waals surface area contributed by atoms with Crippen LogP contribution in [0.15, 0.2) is 30.3 Å². The van der Waals surface area contributed by atoms with Crippen molar-refractivity contribution in [3.8, 4) is 0 Å². The molecule has 3 nitrogen and oxygen atoms in total. The molecule has 1 amide bonds. The van der Waals surface area contributed by atoms with E-state index in [2.05, 4.69) is 0 Å². The number of hydrogen-bond donors (Lipinski definition) is 0. The Morgan fingerprint density at radius 3 is 2.23 bits per heavy atom. The molecule has 0 aliphatic rings. The molecule has 0 spiro atoms. The van der Waals surface area contributed by atoms with E-state index in [1.54, 1.807) is 26.2 Å². The molecule has 0 aliphatic carbocycles. The first-order valence-corrected chi connectivity index (χ1v) is 4.19. The minimum Gasteiger partial charge on any atom is -0.268 e. The molecule has 0 saturated heterocycles. The highest BCUT2D eigenvalue weighted by Gasteiger charge is 2.13. The third kappa shape index (κ3) is 2.44. The number of hydrazine groups is 1. The van der Waals surface area contributed by atoms with Crippen LogP contribution in [0, 0.1) is 0 Å². The Morgan fingerprint density at radius 1 is 1.23 bits per heavy atom. The molecule has 4 heteroatoms. The molecule has 0 N–H and O–H groups in total. The summed E-state index contributed by atoms with van der Waals surface area (Å²) >= 11 is 5.61. The van der Waals surface area contributed by atoms with Gasteiger partial charge in [0, 0.05) is 19.7 Å². The number of amides is 1. The Morgan fingerprint density at radius 2 is 1.77 bits per heavy atom. The molecule has 0 saturated carbocycles. The van der Waals surface area contributed by atoms with Crippen molar-refractivity contribution < 1.29 is 4.79 Å². The Labute approximate surface area is 82.6 Å². The van der Waals surface area contributed by atoms with E-state index in [1.807, 2.05) is 18.2 Å². The monoisotopic (exact) mass is 198 g/mol. The van der Waals surface area contributed by atoms with Crippen LogP contribution in [0.5, 0.6) is 0 Å². The lowest BCUT2D eigenvalue weighted by Gasteiger charge is -2.21. The minimum atomic E-state index is -0.127. The number of halogens is 1. The second kappa shape index (κ2) is 4.25. The molecule has 0 aliphatic heterocycles. The standard InChI is InChI=1S/C9H11ClN2O/c1-11(12(2)10)9(13)8-6-4-3-5-7-8/h3-7H,1-2H3. The summed E-state index contributed by atoms with van der Waals surface area (Å²) in [6.07, 6.45) is 0. The van der Waals surface area contributed by atoms with Crippen LogP contribution >= 0.6 is 11.8 Å². The number of nitrogens with zero attached hydrogens (tertiary/aromatic N) is 2. The van der Waals surface area contributed by atoms with E-state index in [1.165, 1.54) is 9.54 Å². The van der Waals surface area contributed by atoms with E-state index in [-0.39, 0.29) is 5.91 Å². The average Bonchev–Trinajstić information content (AvgIpc) is 2.17. The zero-order chi connectivity index (χ0) is 9.84. The molecular weight excluding hydrogens is 188 g/mol. The Hall–Kier alpha value is -1.06. The third-order valence-electron chi connectivity index (χ3n) is 1.73. The fraction of sp³-hybridized carbons (Fsp3) is 0.222. The summed E-state index contributed by atoms with van der Waals surface area (Å²) < 4.78 is 1.22. The summed E-state index contributed by atoms with van der Waals surface area (Å²) in [5.41, 5.74) is 0.623. The molecule has 0 radical (unpaired) electrons. The molecule has 1 aromatic rings. The van der Waals surface area contributed by atoms with Crippen LogP contribution in [0.2, 0.25) is 0 Å². The summed E-state index contributed by atoms with van der Waals surface area (Å²) in [6.45, 7) is 0. The van der Waals surface area contributed by atoms with Crippen LogP contribution in [-0.2, 0) is 0 Å².